The Hall–Kier alpha value is -1.58. The Balaban J connectivity index is 2.16. The van der Waals surface area contributed by atoms with E-state index in [1.807, 2.05) is 24.1 Å². The number of rotatable bonds is 4. The fourth-order valence-corrected chi connectivity index (χ4v) is 2.37. The number of hydrogen-bond acceptors (Lipinski definition) is 2. The summed E-state index contributed by atoms with van der Waals surface area (Å²) in [5.74, 6) is -0.240. The van der Waals surface area contributed by atoms with Crippen LogP contribution in [0.4, 0.5) is 10.1 Å². The molecule has 0 aliphatic heterocycles. The third-order valence-corrected chi connectivity index (χ3v) is 3.50. The zero-order valence-corrected chi connectivity index (χ0v) is 12.2. The van der Waals surface area contributed by atoms with Gasteiger partial charge in [-0.1, -0.05) is 29.8 Å². The van der Waals surface area contributed by atoms with Crippen LogP contribution in [0.15, 0.2) is 42.5 Å². The molecule has 0 saturated heterocycles. The largest absolute Gasteiger partial charge is 0.389 e. The zero-order chi connectivity index (χ0) is 14.7. The van der Waals surface area contributed by atoms with Crippen molar-refractivity contribution in [3.8, 4) is 0 Å². The van der Waals surface area contributed by atoms with Crippen molar-refractivity contribution in [2.45, 2.75) is 19.6 Å². The second-order valence-electron chi connectivity index (χ2n) is 4.87. The first kappa shape index (κ1) is 14.8. The van der Waals surface area contributed by atoms with Crippen molar-refractivity contribution in [3.05, 3.63) is 64.4 Å². The molecule has 1 N–H and O–H groups in total. The van der Waals surface area contributed by atoms with Crippen molar-refractivity contribution < 1.29 is 9.50 Å². The molecule has 0 bridgehead atoms. The number of hydrogen-bond donors (Lipinski definition) is 1. The van der Waals surface area contributed by atoms with Crippen molar-refractivity contribution in [1.29, 1.82) is 0 Å². The van der Waals surface area contributed by atoms with Crippen molar-refractivity contribution in [1.82, 2.24) is 0 Å². The highest BCUT2D eigenvalue weighted by Crippen LogP contribution is 2.29. The molecule has 4 heteroatoms. The van der Waals surface area contributed by atoms with Crippen molar-refractivity contribution in [2.75, 3.05) is 11.9 Å². The van der Waals surface area contributed by atoms with Gasteiger partial charge in [0.15, 0.2) is 0 Å². The highest BCUT2D eigenvalue weighted by molar-refractivity contribution is 6.33. The van der Waals surface area contributed by atoms with E-state index in [1.54, 1.807) is 25.1 Å². The van der Waals surface area contributed by atoms with Crippen LogP contribution in [0.5, 0.6) is 0 Å². The lowest BCUT2D eigenvalue weighted by atomic mass is 10.1. The van der Waals surface area contributed by atoms with Crippen molar-refractivity contribution in [2.24, 2.45) is 0 Å². The Kier molecular flexibility index (Phi) is 4.63. The summed E-state index contributed by atoms with van der Waals surface area (Å²) in [4.78, 5) is 1.99. The molecule has 0 fully saturated rings. The monoisotopic (exact) mass is 293 g/mol. The van der Waals surface area contributed by atoms with Crippen LogP contribution in [0, 0.1) is 5.82 Å². The molecular weight excluding hydrogens is 277 g/mol. The van der Waals surface area contributed by atoms with Gasteiger partial charge in [0.05, 0.1) is 16.8 Å². The average Bonchev–Trinajstić information content (AvgIpc) is 2.41. The Morgan fingerprint density at radius 2 is 1.85 bits per heavy atom. The van der Waals surface area contributed by atoms with Crippen LogP contribution in [-0.2, 0) is 6.54 Å². The summed E-state index contributed by atoms with van der Waals surface area (Å²) in [6.45, 7) is 2.33. The molecule has 0 aliphatic rings. The highest BCUT2D eigenvalue weighted by atomic mass is 35.5. The van der Waals surface area contributed by atoms with E-state index in [-0.39, 0.29) is 5.82 Å². The maximum atomic E-state index is 12.9. The van der Waals surface area contributed by atoms with Gasteiger partial charge >= 0.3 is 0 Å². The van der Waals surface area contributed by atoms with Gasteiger partial charge in [-0.2, -0.15) is 0 Å². The quantitative estimate of drug-likeness (QED) is 0.914. The summed E-state index contributed by atoms with van der Waals surface area (Å²) in [7, 11) is 1.92. The number of nitrogens with zero attached hydrogens (tertiary/aromatic N) is 1. The maximum absolute atomic E-state index is 12.9. The Morgan fingerprint density at radius 1 is 1.20 bits per heavy atom. The van der Waals surface area contributed by atoms with Gasteiger partial charge in [-0.3, -0.25) is 0 Å². The number of aliphatic hydroxyl groups is 1. The molecule has 0 unspecified atom stereocenters. The van der Waals surface area contributed by atoms with Crippen LogP contribution < -0.4 is 4.90 Å². The summed E-state index contributed by atoms with van der Waals surface area (Å²) in [5, 5.41) is 10.1. The number of aliphatic hydroxyl groups excluding tert-OH is 1. The Labute approximate surface area is 123 Å². The topological polar surface area (TPSA) is 23.5 Å². The molecule has 2 nitrogen and oxygen atoms in total. The second-order valence-corrected chi connectivity index (χ2v) is 5.28. The number of anilines is 1. The number of halogens is 2. The van der Waals surface area contributed by atoms with E-state index >= 15 is 0 Å². The highest BCUT2D eigenvalue weighted by Gasteiger charge is 2.09. The van der Waals surface area contributed by atoms with E-state index in [1.165, 1.54) is 12.1 Å². The van der Waals surface area contributed by atoms with Gasteiger partial charge < -0.3 is 10.0 Å². The minimum atomic E-state index is -0.538. The van der Waals surface area contributed by atoms with Crippen LogP contribution in [0.25, 0.3) is 0 Å². The van der Waals surface area contributed by atoms with Crippen molar-refractivity contribution in [3.63, 3.8) is 0 Å². The first-order chi connectivity index (χ1) is 9.47. The third-order valence-electron chi connectivity index (χ3n) is 3.20. The SMILES string of the molecule is C[C@@H](O)c1ccc(N(C)Cc2ccc(F)cc2)c(Cl)c1. The predicted molar refractivity (Wildman–Crippen MR) is 80.6 cm³/mol. The normalized spacial score (nSPS) is 12.2. The molecule has 106 valence electrons. The van der Waals surface area contributed by atoms with E-state index in [2.05, 4.69) is 0 Å². The fourth-order valence-electron chi connectivity index (χ4n) is 2.04. The van der Waals surface area contributed by atoms with E-state index in [0.717, 1.165) is 16.8 Å². The molecule has 0 spiro atoms. The minimum absolute atomic E-state index is 0.240. The molecule has 2 aromatic carbocycles. The van der Waals surface area contributed by atoms with Gasteiger partial charge in [-0.25, -0.2) is 4.39 Å². The molecule has 0 amide bonds. The van der Waals surface area contributed by atoms with Gasteiger partial charge in [0.2, 0.25) is 0 Å². The molecule has 1 atom stereocenters. The van der Waals surface area contributed by atoms with Gasteiger partial charge in [-0.15, -0.1) is 0 Å². The molecule has 0 radical (unpaired) electrons. The molecule has 0 aliphatic carbocycles. The lowest BCUT2D eigenvalue weighted by Crippen LogP contribution is -2.16. The second kappa shape index (κ2) is 6.25. The number of benzene rings is 2. The summed E-state index contributed by atoms with van der Waals surface area (Å²) in [6.07, 6.45) is -0.538. The first-order valence-electron chi connectivity index (χ1n) is 6.40. The van der Waals surface area contributed by atoms with Crippen LogP contribution in [0.3, 0.4) is 0 Å². The van der Waals surface area contributed by atoms with Gasteiger partial charge in [0, 0.05) is 13.6 Å². The average molecular weight is 294 g/mol. The molecule has 0 aromatic heterocycles. The van der Waals surface area contributed by atoms with E-state index in [9.17, 15) is 9.50 Å². The third kappa shape index (κ3) is 3.50. The van der Waals surface area contributed by atoms with E-state index < -0.39 is 6.10 Å². The molecule has 0 saturated carbocycles. The molecule has 2 aromatic rings. The fraction of sp³-hybridized carbons (Fsp3) is 0.250. The maximum Gasteiger partial charge on any atom is 0.123 e. The summed E-state index contributed by atoms with van der Waals surface area (Å²) < 4.78 is 12.9. The zero-order valence-electron chi connectivity index (χ0n) is 11.5. The molecule has 20 heavy (non-hydrogen) atoms. The van der Waals surface area contributed by atoms with E-state index in [4.69, 9.17) is 11.6 Å². The standard InChI is InChI=1S/C16H17ClFNO/c1-11(20)13-5-8-16(15(17)9-13)19(2)10-12-3-6-14(18)7-4-12/h3-9,11,20H,10H2,1-2H3/t11-/m1/s1. The summed E-state index contributed by atoms with van der Waals surface area (Å²) in [6, 6.07) is 11.9. The lowest BCUT2D eigenvalue weighted by molar-refractivity contribution is 0.199. The van der Waals surface area contributed by atoms with Gasteiger partial charge in [0.1, 0.15) is 5.82 Å². The molecule has 0 heterocycles. The Bertz CT molecular complexity index is 584. The first-order valence-corrected chi connectivity index (χ1v) is 6.78. The van der Waals surface area contributed by atoms with Crippen LogP contribution in [0.1, 0.15) is 24.2 Å². The molecular formula is C16H17ClFNO. The van der Waals surface area contributed by atoms with Crippen LogP contribution >= 0.6 is 11.6 Å². The van der Waals surface area contributed by atoms with Crippen molar-refractivity contribution >= 4 is 17.3 Å². The lowest BCUT2D eigenvalue weighted by Gasteiger charge is -2.21. The summed E-state index contributed by atoms with van der Waals surface area (Å²) in [5.41, 5.74) is 2.67. The van der Waals surface area contributed by atoms with E-state index in [0.29, 0.717) is 11.6 Å². The predicted octanol–water partition coefficient (Wildman–Crippen LogP) is 4.17. The van der Waals surface area contributed by atoms with Crippen LogP contribution in [-0.4, -0.2) is 12.2 Å². The van der Waals surface area contributed by atoms with Gasteiger partial charge in [-0.05, 0) is 42.3 Å². The summed E-state index contributed by atoms with van der Waals surface area (Å²) >= 11 is 6.25. The minimum Gasteiger partial charge on any atom is -0.389 e. The Morgan fingerprint density at radius 3 is 2.40 bits per heavy atom. The smallest absolute Gasteiger partial charge is 0.123 e. The van der Waals surface area contributed by atoms with Crippen LogP contribution in [0.2, 0.25) is 5.02 Å². The molecule has 2 rings (SSSR count). The van der Waals surface area contributed by atoms with Gasteiger partial charge in [0.25, 0.3) is 0 Å².